The fraction of sp³-hybridized carbons (Fsp3) is 0.611. The standard InChI is InChI=1S/C18H27NO2/c1-4-5-14-6-8-15(9-7-14)18(20)19-16-10-11-17(21-3)13(2)12-16/h10-12,14-15H,4-9H2,1-3H3,(H,19,20). The first-order valence-corrected chi connectivity index (χ1v) is 8.09. The molecule has 116 valence electrons. The monoisotopic (exact) mass is 289 g/mol. The summed E-state index contributed by atoms with van der Waals surface area (Å²) in [4.78, 5) is 12.4. The number of ether oxygens (including phenoxy) is 1. The minimum atomic E-state index is 0.175. The van der Waals surface area contributed by atoms with Gasteiger partial charge in [0, 0.05) is 11.6 Å². The molecule has 0 aliphatic heterocycles. The van der Waals surface area contributed by atoms with Gasteiger partial charge in [0.1, 0.15) is 5.75 Å². The van der Waals surface area contributed by atoms with Gasteiger partial charge < -0.3 is 10.1 Å². The summed E-state index contributed by atoms with van der Waals surface area (Å²) in [6.07, 6.45) is 7.04. The lowest BCUT2D eigenvalue weighted by atomic mass is 9.80. The number of nitrogens with one attached hydrogen (secondary N) is 1. The Hall–Kier alpha value is -1.51. The maximum Gasteiger partial charge on any atom is 0.227 e. The van der Waals surface area contributed by atoms with E-state index in [-0.39, 0.29) is 11.8 Å². The number of aryl methyl sites for hydroxylation is 1. The van der Waals surface area contributed by atoms with E-state index >= 15 is 0 Å². The fourth-order valence-electron chi connectivity index (χ4n) is 3.32. The van der Waals surface area contributed by atoms with E-state index in [9.17, 15) is 4.79 Å². The number of rotatable bonds is 5. The first-order chi connectivity index (χ1) is 10.1. The van der Waals surface area contributed by atoms with Crippen molar-refractivity contribution < 1.29 is 9.53 Å². The third-order valence-electron chi connectivity index (χ3n) is 4.58. The molecule has 1 saturated carbocycles. The van der Waals surface area contributed by atoms with Gasteiger partial charge in [-0.2, -0.15) is 0 Å². The zero-order valence-electron chi connectivity index (χ0n) is 13.4. The topological polar surface area (TPSA) is 38.3 Å². The van der Waals surface area contributed by atoms with E-state index < -0.39 is 0 Å². The molecular weight excluding hydrogens is 262 g/mol. The minimum Gasteiger partial charge on any atom is -0.496 e. The number of benzene rings is 1. The Morgan fingerprint density at radius 3 is 2.57 bits per heavy atom. The summed E-state index contributed by atoms with van der Waals surface area (Å²) in [5.41, 5.74) is 1.91. The second kappa shape index (κ2) is 7.48. The van der Waals surface area contributed by atoms with Crippen LogP contribution < -0.4 is 10.1 Å². The van der Waals surface area contributed by atoms with Crippen molar-refractivity contribution in [2.75, 3.05) is 12.4 Å². The van der Waals surface area contributed by atoms with E-state index in [0.717, 1.165) is 35.8 Å². The lowest BCUT2D eigenvalue weighted by molar-refractivity contribution is -0.121. The first kappa shape index (κ1) is 15.9. The van der Waals surface area contributed by atoms with Crippen LogP contribution in [0.1, 0.15) is 51.0 Å². The van der Waals surface area contributed by atoms with Gasteiger partial charge in [-0.15, -0.1) is 0 Å². The molecule has 0 atom stereocenters. The molecule has 1 aromatic rings. The van der Waals surface area contributed by atoms with Gasteiger partial charge in [-0.1, -0.05) is 19.8 Å². The molecule has 0 heterocycles. The van der Waals surface area contributed by atoms with E-state index in [2.05, 4.69) is 12.2 Å². The van der Waals surface area contributed by atoms with E-state index in [1.807, 2.05) is 25.1 Å². The average molecular weight is 289 g/mol. The maximum atomic E-state index is 12.4. The number of anilines is 1. The smallest absolute Gasteiger partial charge is 0.227 e. The predicted molar refractivity (Wildman–Crippen MR) is 86.7 cm³/mol. The second-order valence-corrected chi connectivity index (χ2v) is 6.18. The molecule has 0 radical (unpaired) electrons. The molecule has 1 aliphatic carbocycles. The minimum absolute atomic E-state index is 0.175. The largest absolute Gasteiger partial charge is 0.496 e. The molecule has 0 unspecified atom stereocenters. The van der Waals surface area contributed by atoms with Crippen LogP contribution >= 0.6 is 0 Å². The summed E-state index contributed by atoms with van der Waals surface area (Å²) in [6, 6.07) is 5.79. The molecule has 1 fully saturated rings. The van der Waals surface area contributed by atoms with Crippen molar-refractivity contribution in [2.45, 2.75) is 52.4 Å². The van der Waals surface area contributed by atoms with Gasteiger partial charge >= 0.3 is 0 Å². The molecule has 2 rings (SSSR count). The van der Waals surface area contributed by atoms with Crippen LogP contribution in [0.3, 0.4) is 0 Å². The summed E-state index contributed by atoms with van der Waals surface area (Å²) in [5, 5.41) is 3.06. The highest BCUT2D eigenvalue weighted by Gasteiger charge is 2.25. The molecule has 0 bridgehead atoms. The predicted octanol–water partition coefficient (Wildman–Crippen LogP) is 4.55. The van der Waals surface area contributed by atoms with Crippen molar-refractivity contribution in [1.29, 1.82) is 0 Å². The second-order valence-electron chi connectivity index (χ2n) is 6.18. The van der Waals surface area contributed by atoms with Crippen LogP contribution in [0.4, 0.5) is 5.69 Å². The number of amides is 1. The number of carbonyl (C=O) groups excluding carboxylic acids is 1. The molecule has 1 aliphatic rings. The molecule has 1 amide bonds. The summed E-state index contributed by atoms with van der Waals surface area (Å²) in [5.74, 6) is 2.05. The van der Waals surface area contributed by atoms with Gasteiger partial charge in [0.15, 0.2) is 0 Å². The zero-order valence-corrected chi connectivity index (χ0v) is 13.4. The lowest BCUT2D eigenvalue weighted by Crippen LogP contribution is -2.27. The number of hydrogen-bond acceptors (Lipinski definition) is 2. The van der Waals surface area contributed by atoms with Gasteiger partial charge in [0.05, 0.1) is 7.11 Å². The summed E-state index contributed by atoms with van der Waals surface area (Å²) in [7, 11) is 1.66. The van der Waals surface area contributed by atoms with Gasteiger partial charge in [0.2, 0.25) is 5.91 Å². The van der Waals surface area contributed by atoms with Crippen molar-refractivity contribution in [2.24, 2.45) is 11.8 Å². The SMILES string of the molecule is CCCC1CCC(C(=O)Nc2ccc(OC)c(C)c2)CC1. The molecule has 0 spiro atoms. The van der Waals surface area contributed by atoms with Crippen molar-refractivity contribution >= 4 is 11.6 Å². The fourth-order valence-corrected chi connectivity index (χ4v) is 3.32. The van der Waals surface area contributed by atoms with Crippen molar-refractivity contribution in [1.82, 2.24) is 0 Å². The molecule has 3 heteroatoms. The van der Waals surface area contributed by atoms with Gasteiger partial charge in [0.25, 0.3) is 0 Å². The molecule has 0 aromatic heterocycles. The molecule has 21 heavy (non-hydrogen) atoms. The number of hydrogen-bond donors (Lipinski definition) is 1. The Morgan fingerprint density at radius 2 is 2.00 bits per heavy atom. The van der Waals surface area contributed by atoms with E-state index in [1.54, 1.807) is 7.11 Å². The van der Waals surface area contributed by atoms with Crippen molar-refractivity contribution in [3.05, 3.63) is 23.8 Å². The first-order valence-electron chi connectivity index (χ1n) is 8.09. The average Bonchev–Trinajstić information content (AvgIpc) is 2.48. The Bertz CT molecular complexity index is 476. The van der Waals surface area contributed by atoms with Gasteiger partial charge in [-0.05, 0) is 62.3 Å². The van der Waals surface area contributed by atoms with Crippen LogP contribution in [0.5, 0.6) is 5.75 Å². The Balaban J connectivity index is 1.89. The Morgan fingerprint density at radius 1 is 1.29 bits per heavy atom. The van der Waals surface area contributed by atoms with Crippen LogP contribution in [0.2, 0.25) is 0 Å². The summed E-state index contributed by atoms with van der Waals surface area (Å²) >= 11 is 0. The van der Waals surface area contributed by atoms with Crippen LogP contribution in [0.25, 0.3) is 0 Å². The van der Waals surface area contributed by atoms with Crippen LogP contribution in [0.15, 0.2) is 18.2 Å². The Labute approximate surface area is 128 Å². The molecule has 1 aromatic carbocycles. The Kier molecular flexibility index (Phi) is 5.66. The summed E-state index contributed by atoms with van der Waals surface area (Å²) < 4.78 is 5.24. The van der Waals surface area contributed by atoms with Gasteiger partial charge in [-0.3, -0.25) is 4.79 Å². The lowest BCUT2D eigenvalue weighted by Gasteiger charge is -2.27. The third-order valence-corrected chi connectivity index (χ3v) is 4.58. The molecular formula is C18H27NO2. The third kappa shape index (κ3) is 4.23. The van der Waals surface area contributed by atoms with Crippen molar-refractivity contribution in [3.63, 3.8) is 0 Å². The van der Waals surface area contributed by atoms with Crippen LogP contribution in [-0.2, 0) is 4.79 Å². The normalized spacial score (nSPS) is 21.9. The van der Waals surface area contributed by atoms with Crippen LogP contribution in [0, 0.1) is 18.8 Å². The number of carbonyl (C=O) groups is 1. The van der Waals surface area contributed by atoms with E-state index in [4.69, 9.17) is 4.74 Å². The van der Waals surface area contributed by atoms with E-state index in [1.165, 1.54) is 25.7 Å². The molecule has 0 saturated heterocycles. The highest BCUT2D eigenvalue weighted by atomic mass is 16.5. The van der Waals surface area contributed by atoms with Crippen molar-refractivity contribution in [3.8, 4) is 5.75 Å². The molecule has 3 nitrogen and oxygen atoms in total. The maximum absolute atomic E-state index is 12.4. The highest BCUT2D eigenvalue weighted by Crippen LogP contribution is 2.32. The highest BCUT2D eigenvalue weighted by molar-refractivity contribution is 5.92. The van der Waals surface area contributed by atoms with Crippen LogP contribution in [-0.4, -0.2) is 13.0 Å². The van der Waals surface area contributed by atoms with Gasteiger partial charge in [-0.25, -0.2) is 0 Å². The van der Waals surface area contributed by atoms with E-state index in [0.29, 0.717) is 0 Å². The zero-order chi connectivity index (χ0) is 15.2. The quantitative estimate of drug-likeness (QED) is 0.863. The number of methoxy groups -OCH3 is 1. The summed E-state index contributed by atoms with van der Waals surface area (Å²) in [6.45, 7) is 4.23. The molecule has 1 N–H and O–H groups in total.